The second-order valence-corrected chi connectivity index (χ2v) is 10.2. The standard InChI is InChI=1S/C22H30N3O9P/c1-13(2)32-21(28)15(4)24-35(30,34-16-8-6-5-7-9-16)31-12-17-19(27)14(3)20(33-17)25-11-10-18(26)23-22(25)29/h5-11,13-15,17,19-20,27H,12H2,1-4H3,(H,24,30)(H,23,26,29)/t14-,15+,17?,19-,20+,35?/m0/s1. The monoisotopic (exact) mass is 511 g/mol. The lowest BCUT2D eigenvalue weighted by molar-refractivity contribution is -0.149. The number of para-hydroxylation sites is 1. The van der Waals surface area contributed by atoms with Gasteiger partial charge in [-0.05, 0) is 32.9 Å². The summed E-state index contributed by atoms with van der Waals surface area (Å²) >= 11 is 0. The molecule has 6 atom stereocenters. The molecule has 1 saturated heterocycles. The predicted molar refractivity (Wildman–Crippen MR) is 125 cm³/mol. The van der Waals surface area contributed by atoms with E-state index in [9.17, 15) is 24.1 Å². The van der Waals surface area contributed by atoms with Crippen molar-refractivity contribution in [2.45, 2.75) is 58.3 Å². The molecule has 1 fully saturated rings. The second-order valence-electron chi connectivity index (χ2n) is 8.47. The van der Waals surface area contributed by atoms with Crippen LogP contribution in [0.25, 0.3) is 0 Å². The number of benzene rings is 1. The summed E-state index contributed by atoms with van der Waals surface area (Å²) in [4.78, 5) is 37.9. The molecule has 3 N–H and O–H groups in total. The van der Waals surface area contributed by atoms with Gasteiger partial charge in [0, 0.05) is 18.2 Å². The van der Waals surface area contributed by atoms with Crippen molar-refractivity contribution in [3.05, 3.63) is 63.4 Å². The summed E-state index contributed by atoms with van der Waals surface area (Å²) in [5, 5.41) is 13.2. The Morgan fingerprint density at radius 3 is 2.54 bits per heavy atom. The number of aromatic amines is 1. The molecule has 12 nitrogen and oxygen atoms in total. The van der Waals surface area contributed by atoms with Crippen LogP contribution in [0.5, 0.6) is 5.75 Å². The average Bonchev–Trinajstić information content (AvgIpc) is 3.06. The first kappa shape index (κ1) is 26.8. The van der Waals surface area contributed by atoms with Crippen LogP contribution in [0.3, 0.4) is 0 Å². The summed E-state index contributed by atoms with van der Waals surface area (Å²) < 4.78 is 36.8. The summed E-state index contributed by atoms with van der Waals surface area (Å²) in [5.74, 6) is -0.981. The third-order valence-corrected chi connectivity index (χ3v) is 6.89. The Kier molecular flexibility index (Phi) is 8.68. The first-order chi connectivity index (χ1) is 16.5. The van der Waals surface area contributed by atoms with Gasteiger partial charge in [0.05, 0.1) is 18.8 Å². The van der Waals surface area contributed by atoms with Crippen LogP contribution in [0, 0.1) is 5.92 Å². The molecule has 0 radical (unpaired) electrons. The summed E-state index contributed by atoms with van der Waals surface area (Å²) in [6.45, 7) is 6.10. The molecule has 0 spiro atoms. The van der Waals surface area contributed by atoms with Crippen molar-refractivity contribution in [2.75, 3.05) is 6.61 Å². The number of ether oxygens (including phenoxy) is 2. The first-order valence-electron chi connectivity index (χ1n) is 11.1. The van der Waals surface area contributed by atoms with E-state index >= 15 is 0 Å². The van der Waals surface area contributed by atoms with Crippen molar-refractivity contribution in [1.82, 2.24) is 14.6 Å². The van der Waals surface area contributed by atoms with E-state index in [0.717, 1.165) is 10.6 Å². The van der Waals surface area contributed by atoms with Gasteiger partial charge in [-0.15, -0.1) is 0 Å². The molecule has 0 bridgehead atoms. The third kappa shape index (κ3) is 6.89. The van der Waals surface area contributed by atoms with Crippen molar-refractivity contribution >= 4 is 13.7 Å². The molecule has 35 heavy (non-hydrogen) atoms. The number of carbonyl (C=O) groups excluding carboxylic acids is 1. The summed E-state index contributed by atoms with van der Waals surface area (Å²) in [7, 11) is -4.16. The molecule has 3 rings (SSSR count). The van der Waals surface area contributed by atoms with E-state index in [-0.39, 0.29) is 18.5 Å². The summed E-state index contributed by atoms with van der Waals surface area (Å²) in [5.41, 5.74) is -1.26. The lowest BCUT2D eigenvalue weighted by Crippen LogP contribution is -2.37. The van der Waals surface area contributed by atoms with Crippen molar-refractivity contribution in [3.8, 4) is 5.75 Å². The SMILES string of the molecule is CC(C)OC(=O)[C@@H](C)NP(=O)(OCC1O[C@@H](n2ccc(=O)[nH]c2=O)[C@@H](C)[C@@H]1O)Oc1ccccc1. The van der Waals surface area contributed by atoms with E-state index in [0.29, 0.717) is 0 Å². The largest absolute Gasteiger partial charge is 0.462 e. The fraction of sp³-hybridized carbons (Fsp3) is 0.500. The van der Waals surface area contributed by atoms with Crippen LogP contribution in [0.2, 0.25) is 0 Å². The molecule has 1 aromatic heterocycles. The number of rotatable bonds is 10. The van der Waals surface area contributed by atoms with Crippen LogP contribution in [0.4, 0.5) is 0 Å². The Hall–Kier alpha value is -2.76. The van der Waals surface area contributed by atoms with Crippen LogP contribution in [0.1, 0.15) is 33.9 Å². The molecule has 2 unspecified atom stereocenters. The molecule has 0 aliphatic carbocycles. The lowest BCUT2D eigenvalue weighted by atomic mass is 10.0. The number of carbonyl (C=O) groups is 1. The highest BCUT2D eigenvalue weighted by Crippen LogP contribution is 2.46. The molecule has 1 aliphatic heterocycles. The number of nitrogens with zero attached hydrogens (tertiary/aromatic N) is 1. The zero-order chi connectivity index (χ0) is 25.8. The van der Waals surface area contributed by atoms with Gasteiger partial charge >= 0.3 is 19.4 Å². The van der Waals surface area contributed by atoms with Crippen molar-refractivity contribution in [3.63, 3.8) is 0 Å². The minimum Gasteiger partial charge on any atom is -0.462 e. The molecule has 0 saturated carbocycles. The van der Waals surface area contributed by atoms with Crippen molar-refractivity contribution < 1.29 is 33.0 Å². The zero-order valence-electron chi connectivity index (χ0n) is 19.8. The highest BCUT2D eigenvalue weighted by molar-refractivity contribution is 7.52. The number of esters is 1. The van der Waals surface area contributed by atoms with Gasteiger partial charge in [0.15, 0.2) is 0 Å². The maximum Gasteiger partial charge on any atom is 0.459 e. The van der Waals surface area contributed by atoms with E-state index < -0.39 is 55.4 Å². The summed E-state index contributed by atoms with van der Waals surface area (Å²) in [6.07, 6.45) is -2.08. The number of H-pyrrole nitrogens is 1. The van der Waals surface area contributed by atoms with E-state index in [1.54, 1.807) is 51.1 Å². The highest BCUT2D eigenvalue weighted by atomic mass is 31.2. The number of nitrogens with one attached hydrogen (secondary N) is 2. The van der Waals surface area contributed by atoms with Crippen LogP contribution >= 0.6 is 7.75 Å². The van der Waals surface area contributed by atoms with Crippen LogP contribution in [-0.4, -0.2) is 51.6 Å². The number of aliphatic hydroxyl groups is 1. The third-order valence-electron chi connectivity index (χ3n) is 5.24. The second kappa shape index (κ2) is 11.3. The van der Waals surface area contributed by atoms with Gasteiger partial charge < -0.3 is 19.1 Å². The molecular weight excluding hydrogens is 481 g/mol. The number of hydrogen-bond donors (Lipinski definition) is 3. The first-order valence-corrected chi connectivity index (χ1v) is 12.7. The number of aromatic nitrogens is 2. The van der Waals surface area contributed by atoms with E-state index in [2.05, 4.69) is 10.1 Å². The molecule has 2 aromatic rings. The fourth-order valence-electron chi connectivity index (χ4n) is 3.48. The Labute approximate surface area is 201 Å². The maximum absolute atomic E-state index is 13.6. The average molecular weight is 511 g/mol. The minimum absolute atomic E-state index is 0.228. The van der Waals surface area contributed by atoms with Crippen LogP contribution < -0.4 is 20.9 Å². The van der Waals surface area contributed by atoms with Gasteiger partial charge in [-0.25, -0.2) is 9.36 Å². The quantitative estimate of drug-likeness (QED) is 0.316. The van der Waals surface area contributed by atoms with E-state index in [1.807, 2.05) is 0 Å². The molecule has 192 valence electrons. The zero-order valence-corrected chi connectivity index (χ0v) is 20.7. The summed E-state index contributed by atoms with van der Waals surface area (Å²) in [6, 6.07) is 8.36. The van der Waals surface area contributed by atoms with Gasteiger partial charge in [0.25, 0.3) is 5.56 Å². The molecule has 0 amide bonds. The molecular formula is C22H30N3O9P. The van der Waals surface area contributed by atoms with Crippen molar-refractivity contribution in [2.24, 2.45) is 5.92 Å². The van der Waals surface area contributed by atoms with Crippen molar-refractivity contribution in [1.29, 1.82) is 0 Å². The Balaban J connectivity index is 1.75. The highest BCUT2D eigenvalue weighted by Gasteiger charge is 2.44. The topological polar surface area (TPSA) is 158 Å². The minimum atomic E-state index is -4.16. The Bertz CT molecular complexity index is 1170. The van der Waals surface area contributed by atoms with Gasteiger partial charge in [0.1, 0.15) is 24.1 Å². The predicted octanol–water partition coefficient (Wildman–Crippen LogP) is 1.56. The van der Waals surface area contributed by atoms with Gasteiger partial charge in [-0.2, -0.15) is 5.09 Å². The smallest absolute Gasteiger partial charge is 0.459 e. The number of hydrogen-bond acceptors (Lipinski definition) is 9. The molecule has 1 aliphatic rings. The van der Waals surface area contributed by atoms with Gasteiger partial charge in [-0.3, -0.25) is 23.7 Å². The Morgan fingerprint density at radius 1 is 1.23 bits per heavy atom. The van der Waals surface area contributed by atoms with E-state index in [4.69, 9.17) is 18.5 Å². The Morgan fingerprint density at radius 2 is 1.91 bits per heavy atom. The molecule has 13 heteroatoms. The van der Waals surface area contributed by atoms with Gasteiger partial charge in [0.2, 0.25) is 0 Å². The fourth-order valence-corrected chi connectivity index (χ4v) is 4.98. The van der Waals surface area contributed by atoms with Crippen LogP contribution in [-0.2, 0) is 23.4 Å². The molecule has 2 heterocycles. The number of aliphatic hydroxyl groups excluding tert-OH is 1. The van der Waals surface area contributed by atoms with Gasteiger partial charge in [-0.1, -0.05) is 25.1 Å². The normalized spacial score (nSPS) is 24.6. The van der Waals surface area contributed by atoms with Crippen LogP contribution in [0.15, 0.2) is 52.2 Å². The lowest BCUT2D eigenvalue weighted by Gasteiger charge is -2.25. The van der Waals surface area contributed by atoms with E-state index in [1.165, 1.54) is 13.1 Å². The molecule has 1 aromatic carbocycles. The maximum atomic E-state index is 13.6.